The third-order valence-corrected chi connectivity index (χ3v) is 4.41. The second-order valence-corrected chi connectivity index (χ2v) is 5.98. The molecule has 0 radical (unpaired) electrons. The zero-order chi connectivity index (χ0) is 14.7. The Morgan fingerprint density at radius 3 is 2.50 bits per heavy atom. The van der Waals surface area contributed by atoms with E-state index < -0.39 is 0 Å². The molecule has 2 rings (SSSR count). The summed E-state index contributed by atoms with van der Waals surface area (Å²) >= 11 is 0. The van der Waals surface area contributed by atoms with E-state index in [2.05, 4.69) is 13.0 Å². The molecule has 1 aromatic carbocycles. The van der Waals surface area contributed by atoms with Crippen molar-refractivity contribution in [3.8, 4) is 0 Å². The van der Waals surface area contributed by atoms with Gasteiger partial charge in [-0.25, -0.2) is 0 Å². The lowest BCUT2D eigenvalue weighted by atomic mass is 9.90. The van der Waals surface area contributed by atoms with Gasteiger partial charge in [0, 0.05) is 24.2 Å². The Morgan fingerprint density at radius 1 is 1.25 bits per heavy atom. The van der Waals surface area contributed by atoms with Gasteiger partial charge in [0.2, 0.25) is 0 Å². The summed E-state index contributed by atoms with van der Waals surface area (Å²) in [5.74, 6) is 0.175. The molecule has 1 aliphatic rings. The van der Waals surface area contributed by atoms with Crippen LogP contribution in [-0.2, 0) is 0 Å². The van der Waals surface area contributed by atoms with Crippen LogP contribution in [0.25, 0.3) is 0 Å². The molecule has 0 unspecified atom stereocenters. The number of nitrogens with zero attached hydrogens (tertiary/aromatic N) is 1. The van der Waals surface area contributed by atoms with Gasteiger partial charge in [0.15, 0.2) is 0 Å². The summed E-state index contributed by atoms with van der Waals surface area (Å²) in [7, 11) is 0. The predicted molar refractivity (Wildman–Crippen MR) is 82.9 cm³/mol. The van der Waals surface area contributed by atoms with Crippen molar-refractivity contribution in [2.75, 3.05) is 6.54 Å². The molecule has 3 nitrogen and oxygen atoms in total. The molecular weight excluding hydrogens is 248 g/mol. The average molecular weight is 274 g/mol. The zero-order valence-corrected chi connectivity index (χ0v) is 12.9. The van der Waals surface area contributed by atoms with Crippen LogP contribution in [0.15, 0.2) is 18.2 Å². The fraction of sp³-hybridized carbons (Fsp3) is 0.588. The molecule has 3 heteroatoms. The van der Waals surface area contributed by atoms with Crippen molar-refractivity contribution in [1.82, 2.24) is 4.90 Å². The number of amides is 1. The van der Waals surface area contributed by atoms with Gasteiger partial charge in [-0.3, -0.25) is 4.79 Å². The zero-order valence-electron chi connectivity index (χ0n) is 12.9. The monoisotopic (exact) mass is 274 g/mol. The molecule has 2 N–H and O–H groups in total. The predicted octanol–water partition coefficient (Wildman–Crippen LogP) is 3.04. The summed E-state index contributed by atoms with van der Waals surface area (Å²) in [6, 6.07) is 6.78. The third kappa shape index (κ3) is 3.21. The van der Waals surface area contributed by atoms with Gasteiger partial charge in [-0.15, -0.1) is 0 Å². The summed E-state index contributed by atoms with van der Waals surface area (Å²) in [4.78, 5) is 14.9. The molecule has 110 valence electrons. The van der Waals surface area contributed by atoms with Crippen LogP contribution in [0.1, 0.15) is 54.1 Å². The summed E-state index contributed by atoms with van der Waals surface area (Å²) in [6.45, 7) is 6.88. The second-order valence-electron chi connectivity index (χ2n) is 5.98. The molecule has 0 spiro atoms. The molecule has 20 heavy (non-hydrogen) atoms. The average Bonchev–Trinajstić information content (AvgIpc) is 2.44. The van der Waals surface area contributed by atoms with Crippen LogP contribution in [0, 0.1) is 13.8 Å². The van der Waals surface area contributed by atoms with E-state index in [-0.39, 0.29) is 5.91 Å². The lowest BCUT2D eigenvalue weighted by molar-refractivity contribution is 0.0640. The van der Waals surface area contributed by atoms with Gasteiger partial charge < -0.3 is 10.6 Å². The summed E-state index contributed by atoms with van der Waals surface area (Å²) in [6.07, 6.45) is 4.12. The Morgan fingerprint density at radius 2 is 1.90 bits per heavy atom. The Bertz CT molecular complexity index is 476. The van der Waals surface area contributed by atoms with Crippen LogP contribution in [0.4, 0.5) is 0 Å². The fourth-order valence-corrected chi connectivity index (χ4v) is 3.10. The first-order valence-corrected chi connectivity index (χ1v) is 7.66. The number of carbonyl (C=O) groups excluding carboxylic acids is 1. The van der Waals surface area contributed by atoms with Crippen LogP contribution in [-0.4, -0.2) is 29.4 Å². The molecule has 1 fully saturated rings. The number of hydrogen-bond acceptors (Lipinski definition) is 2. The lowest BCUT2D eigenvalue weighted by Crippen LogP contribution is -2.44. The molecule has 1 aliphatic carbocycles. The minimum Gasteiger partial charge on any atom is -0.336 e. The molecule has 0 aliphatic heterocycles. The Balaban J connectivity index is 2.18. The minimum absolute atomic E-state index is 0.175. The van der Waals surface area contributed by atoms with Crippen molar-refractivity contribution in [2.45, 2.75) is 58.5 Å². The van der Waals surface area contributed by atoms with E-state index in [4.69, 9.17) is 5.73 Å². The minimum atomic E-state index is 0.175. The molecule has 1 saturated carbocycles. The molecule has 0 atom stereocenters. The molecule has 0 bridgehead atoms. The maximum atomic E-state index is 12.8. The smallest absolute Gasteiger partial charge is 0.254 e. The van der Waals surface area contributed by atoms with E-state index in [1.54, 1.807) is 0 Å². The van der Waals surface area contributed by atoms with E-state index in [1.165, 1.54) is 0 Å². The van der Waals surface area contributed by atoms with Crippen LogP contribution >= 0.6 is 0 Å². The second kappa shape index (κ2) is 6.40. The normalized spacial score (nSPS) is 22.6. The highest BCUT2D eigenvalue weighted by Gasteiger charge is 2.27. The molecule has 1 amide bonds. The van der Waals surface area contributed by atoms with Gasteiger partial charge in [-0.05, 0) is 58.1 Å². The number of aryl methyl sites for hydroxylation is 2. The van der Waals surface area contributed by atoms with Crippen LogP contribution < -0.4 is 5.73 Å². The van der Waals surface area contributed by atoms with Crippen LogP contribution in [0.2, 0.25) is 0 Å². The number of rotatable bonds is 3. The van der Waals surface area contributed by atoms with Gasteiger partial charge in [-0.2, -0.15) is 0 Å². The molecule has 0 heterocycles. The maximum absolute atomic E-state index is 12.8. The van der Waals surface area contributed by atoms with Crippen LogP contribution in [0.5, 0.6) is 0 Å². The first-order valence-electron chi connectivity index (χ1n) is 7.66. The highest BCUT2D eigenvalue weighted by Crippen LogP contribution is 2.24. The molecule has 0 aromatic heterocycles. The summed E-state index contributed by atoms with van der Waals surface area (Å²) in [5.41, 5.74) is 9.02. The Hall–Kier alpha value is -1.35. The van der Waals surface area contributed by atoms with Crippen molar-refractivity contribution < 1.29 is 4.79 Å². The van der Waals surface area contributed by atoms with Crippen molar-refractivity contribution in [3.63, 3.8) is 0 Å². The van der Waals surface area contributed by atoms with Crippen molar-refractivity contribution in [1.29, 1.82) is 0 Å². The Labute approximate surface area is 122 Å². The topological polar surface area (TPSA) is 46.3 Å². The van der Waals surface area contributed by atoms with E-state index in [1.807, 2.05) is 30.9 Å². The van der Waals surface area contributed by atoms with E-state index >= 15 is 0 Å². The molecular formula is C17H26N2O. The van der Waals surface area contributed by atoms with Gasteiger partial charge in [0.05, 0.1) is 0 Å². The maximum Gasteiger partial charge on any atom is 0.254 e. The standard InChI is InChI=1S/C17H26N2O/c1-4-19(15-9-7-14(18)8-10-15)17(20)16-11-12(2)5-6-13(16)3/h5-6,11,14-15H,4,7-10,18H2,1-3H3. The molecule has 0 saturated heterocycles. The van der Waals surface area contributed by atoms with Crippen molar-refractivity contribution in [2.24, 2.45) is 5.73 Å². The number of benzene rings is 1. The lowest BCUT2D eigenvalue weighted by Gasteiger charge is -2.35. The first-order chi connectivity index (χ1) is 9.52. The summed E-state index contributed by atoms with van der Waals surface area (Å²) in [5, 5.41) is 0. The fourth-order valence-electron chi connectivity index (χ4n) is 3.10. The third-order valence-electron chi connectivity index (χ3n) is 4.41. The van der Waals surface area contributed by atoms with Gasteiger partial charge in [-0.1, -0.05) is 17.7 Å². The number of hydrogen-bond donors (Lipinski definition) is 1. The Kier molecular flexibility index (Phi) is 4.81. The van der Waals surface area contributed by atoms with E-state index in [0.29, 0.717) is 12.1 Å². The van der Waals surface area contributed by atoms with Gasteiger partial charge in [0.1, 0.15) is 0 Å². The highest BCUT2D eigenvalue weighted by molar-refractivity contribution is 5.96. The van der Waals surface area contributed by atoms with E-state index in [0.717, 1.165) is 48.9 Å². The SMILES string of the molecule is CCN(C(=O)c1cc(C)ccc1C)C1CCC(N)CC1. The highest BCUT2D eigenvalue weighted by atomic mass is 16.2. The largest absolute Gasteiger partial charge is 0.336 e. The van der Waals surface area contributed by atoms with Crippen molar-refractivity contribution in [3.05, 3.63) is 34.9 Å². The number of nitrogens with two attached hydrogens (primary N) is 1. The molecule has 1 aromatic rings. The van der Waals surface area contributed by atoms with Gasteiger partial charge >= 0.3 is 0 Å². The first kappa shape index (κ1) is 15.0. The van der Waals surface area contributed by atoms with Crippen LogP contribution in [0.3, 0.4) is 0 Å². The quantitative estimate of drug-likeness (QED) is 0.921. The van der Waals surface area contributed by atoms with Gasteiger partial charge in [0.25, 0.3) is 5.91 Å². The van der Waals surface area contributed by atoms with E-state index in [9.17, 15) is 4.79 Å². The number of carbonyl (C=O) groups is 1. The summed E-state index contributed by atoms with van der Waals surface area (Å²) < 4.78 is 0. The van der Waals surface area contributed by atoms with Crippen molar-refractivity contribution >= 4 is 5.91 Å².